The van der Waals surface area contributed by atoms with Crippen LogP contribution in [0.25, 0.3) is 0 Å². The molecule has 0 aliphatic heterocycles. The molecule has 1 aromatic heterocycles. The Morgan fingerprint density at radius 1 is 1.42 bits per heavy atom. The molecule has 1 aromatic carbocycles. The Kier molecular flexibility index (Phi) is 4.01. The maximum atomic E-state index is 11.3. The van der Waals surface area contributed by atoms with E-state index in [4.69, 9.17) is 26.5 Å². The average Bonchev–Trinajstić information content (AvgIpc) is 2.85. The topological polar surface area (TPSA) is 91.2 Å². The van der Waals surface area contributed by atoms with E-state index in [2.05, 4.69) is 10.2 Å². The van der Waals surface area contributed by atoms with E-state index >= 15 is 0 Å². The van der Waals surface area contributed by atoms with Crippen molar-refractivity contribution in [1.29, 1.82) is 0 Å². The van der Waals surface area contributed by atoms with E-state index in [1.807, 2.05) is 6.92 Å². The van der Waals surface area contributed by atoms with Crippen LogP contribution in [-0.2, 0) is 13.0 Å². The lowest BCUT2D eigenvalue weighted by Gasteiger charge is -2.07. The Morgan fingerprint density at radius 3 is 2.79 bits per heavy atom. The molecule has 0 atom stereocenters. The SMILES string of the molecule is CCc1nnc(COc2ccc(Cl)cc2C(N)=O)o1. The van der Waals surface area contributed by atoms with Crippen molar-refractivity contribution in [1.82, 2.24) is 10.2 Å². The number of amides is 1. The van der Waals surface area contributed by atoms with Crippen molar-refractivity contribution >= 4 is 17.5 Å². The van der Waals surface area contributed by atoms with E-state index in [0.29, 0.717) is 29.0 Å². The third-order valence-electron chi connectivity index (χ3n) is 2.37. The maximum absolute atomic E-state index is 11.3. The molecule has 100 valence electrons. The molecule has 19 heavy (non-hydrogen) atoms. The highest BCUT2D eigenvalue weighted by Crippen LogP contribution is 2.23. The van der Waals surface area contributed by atoms with Crippen molar-refractivity contribution in [3.05, 3.63) is 40.6 Å². The summed E-state index contributed by atoms with van der Waals surface area (Å²) in [6, 6.07) is 4.62. The zero-order chi connectivity index (χ0) is 13.8. The second-order valence-electron chi connectivity index (χ2n) is 3.74. The number of halogens is 1. The number of carbonyl (C=O) groups is 1. The number of hydrogen-bond donors (Lipinski definition) is 1. The molecule has 0 radical (unpaired) electrons. The molecule has 0 saturated carbocycles. The molecule has 2 aromatic rings. The van der Waals surface area contributed by atoms with E-state index in [9.17, 15) is 4.79 Å². The van der Waals surface area contributed by atoms with Crippen LogP contribution in [0.1, 0.15) is 29.1 Å². The molecule has 0 spiro atoms. The summed E-state index contributed by atoms with van der Waals surface area (Å²) in [5.41, 5.74) is 5.46. The number of hydrogen-bond acceptors (Lipinski definition) is 5. The molecule has 6 nitrogen and oxygen atoms in total. The van der Waals surface area contributed by atoms with Gasteiger partial charge >= 0.3 is 0 Å². The van der Waals surface area contributed by atoms with Crippen LogP contribution in [0.5, 0.6) is 5.75 Å². The minimum Gasteiger partial charge on any atom is -0.483 e. The highest BCUT2D eigenvalue weighted by atomic mass is 35.5. The van der Waals surface area contributed by atoms with E-state index in [-0.39, 0.29) is 12.2 Å². The standard InChI is InChI=1S/C12H12ClN3O3/c1-2-10-15-16-11(19-10)6-18-9-4-3-7(13)5-8(9)12(14)17/h3-5H,2,6H2,1H3,(H2,14,17). The van der Waals surface area contributed by atoms with Gasteiger partial charge in [0.1, 0.15) is 5.75 Å². The van der Waals surface area contributed by atoms with E-state index in [1.165, 1.54) is 6.07 Å². The molecule has 0 saturated heterocycles. The Balaban J connectivity index is 2.12. The van der Waals surface area contributed by atoms with Crippen LogP contribution in [0.2, 0.25) is 5.02 Å². The second kappa shape index (κ2) is 5.71. The summed E-state index contributed by atoms with van der Waals surface area (Å²) in [5.74, 6) is 0.581. The number of aryl methyl sites for hydroxylation is 1. The molecule has 0 fully saturated rings. The number of primary amides is 1. The first kappa shape index (κ1) is 13.4. The summed E-state index contributed by atoms with van der Waals surface area (Å²) in [6.45, 7) is 1.97. The van der Waals surface area contributed by atoms with E-state index < -0.39 is 5.91 Å². The van der Waals surface area contributed by atoms with Crippen molar-refractivity contribution in [3.63, 3.8) is 0 Å². The van der Waals surface area contributed by atoms with Gasteiger partial charge in [-0.1, -0.05) is 18.5 Å². The number of benzene rings is 1. The highest BCUT2D eigenvalue weighted by Gasteiger charge is 2.12. The smallest absolute Gasteiger partial charge is 0.253 e. The normalized spacial score (nSPS) is 10.4. The largest absolute Gasteiger partial charge is 0.483 e. The van der Waals surface area contributed by atoms with E-state index in [1.54, 1.807) is 12.1 Å². The van der Waals surface area contributed by atoms with Gasteiger partial charge in [0.25, 0.3) is 11.8 Å². The lowest BCUT2D eigenvalue weighted by molar-refractivity contribution is 0.0995. The molecule has 1 heterocycles. The molecule has 1 amide bonds. The minimum atomic E-state index is -0.614. The lowest BCUT2D eigenvalue weighted by Crippen LogP contribution is -2.13. The highest BCUT2D eigenvalue weighted by molar-refractivity contribution is 6.31. The van der Waals surface area contributed by atoms with Gasteiger partial charge in [-0.05, 0) is 18.2 Å². The van der Waals surface area contributed by atoms with Crippen molar-refractivity contribution in [2.24, 2.45) is 5.73 Å². The zero-order valence-corrected chi connectivity index (χ0v) is 11.0. The molecule has 0 unspecified atom stereocenters. The Labute approximate surface area is 114 Å². The summed E-state index contributed by atoms with van der Waals surface area (Å²) in [7, 11) is 0. The monoisotopic (exact) mass is 281 g/mol. The van der Waals surface area contributed by atoms with Crippen molar-refractivity contribution < 1.29 is 13.9 Å². The van der Waals surface area contributed by atoms with Crippen molar-refractivity contribution in [2.75, 3.05) is 0 Å². The number of nitrogens with zero attached hydrogens (tertiary/aromatic N) is 2. The molecular formula is C12H12ClN3O3. The summed E-state index contributed by atoms with van der Waals surface area (Å²) in [6.07, 6.45) is 0.653. The number of carbonyl (C=O) groups excluding carboxylic acids is 1. The predicted octanol–water partition coefficient (Wildman–Crippen LogP) is 1.96. The maximum Gasteiger partial charge on any atom is 0.253 e. The third kappa shape index (κ3) is 3.23. The van der Waals surface area contributed by atoms with Crippen LogP contribution >= 0.6 is 11.6 Å². The molecular weight excluding hydrogens is 270 g/mol. The van der Waals surface area contributed by atoms with Crippen LogP contribution in [0, 0.1) is 0 Å². The Morgan fingerprint density at radius 2 is 2.16 bits per heavy atom. The summed E-state index contributed by atoms with van der Waals surface area (Å²) >= 11 is 5.80. The number of rotatable bonds is 5. The molecule has 0 bridgehead atoms. The Bertz CT molecular complexity index is 598. The van der Waals surface area contributed by atoms with Crippen LogP contribution in [0.3, 0.4) is 0 Å². The van der Waals surface area contributed by atoms with Gasteiger partial charge in [-0.25, -0.2) is 0 Å². The first-order valence-electron chi connectivity index (χ1n) is 5.63. The first-order valence-corrected chi connectivity index (χ1v) is 6.01. The van der Waals surface area contributed by atoms with Crippen molar-refractivity contribution in [2.45, 2.75) is 20.0 Å². The number of ether oxygens (including phenoxy) is 1. The average molecular weight is 282 g/mol. The van der Waals surface area contributed by atoms with Crippen LogP contribution in [0.15, 0.2) is 22.6 Å². The minimum absolute atomic E-state index is 0.0644. The Hall–Kier alpha value is -2.08. The second-order valence-corrected chi connectivity index (χ2v) is 4.17. The van der Waals surface area contributed by atoms with E-state index in [0.717, 1.165) is 0 Å². The van der Waals surface area contributed by atoms with Gasteiger partial charge in [0.2, 0.25) is 5.89 Å². The molecule has 0 aliphatic rings. The van der Waals surface area contributed by atoms with Crippen LogP contribution < -0.4 is 10.5 Å². The molecule has 2 rings (SSSR count). The predicted molar refractivity (Wildman–Crippen MR) is 68.0 cm³/mol. The van der Waals surface area contributed by atoms with Crippen molar-refractivity contribution in [3.8, 4) is 5.75 Å². The molecule has 2 N–H and O–H groups in total. The lowest BCUT2D eigenvalue weighted by atomic mass is 10.2. The fourth-order valence-electron chi connectivity index (χ4n) is 1.45. The fraction of sp³-hybridized carbons (Fsp3) is 0.250. The third-order valence-corrected chi connectivity index (χ3v) is 2.60. The zero-order valence-electron chi connectivity index (χ0n) is 10.2. The quantitative estimate of drug-likeness (QED) is 0.904. The van der Waals surface area contributed by atoms with Gasteiger partial charge in [-0.3, -0.25) is 4.79 Å². The summed E-state index contributed by atoms with van der Waals surface area (Å²) in [5, 5.41) is 8.03. The van der Waals surface area contributed by atoms with Gasteiger partial charge in [0.05, 0.1) is 5.56 Å². The fourth-order valence-corrected chi connectivity index (χ4v) is 1.62. The number of nitrogens with two attached hydrogens (primary N) is 1. The first-order chi connectivity index (χ1) is 9.10. The van der Waals surface area contributed by atoms with Gasteiger partial charge in [-0.15, -0.1) is 10.2 Å². The van der Waals surface area contributed by atoms with Gasteiger partial charge in [0, 0.05) is 11.4 Å². The van der Waals surface area contributed by atoms with Gasteiger partial charge in [0.15, 0.2) is 6.61 Å². The molecule has 7 heteroatoms. The summed E-state index contributed by atoms with van der Waals surface area (Å²) < 4.78 is 10.7. The summed E-state index contributed by atoms with van der Waals surface area (Å²) in [4.78, 5) is 11.3. The van der Waals surface area contributed by atoms with Crippen LogP contribution in [-0.4, -0.2) is 16.1 Å². The van der Waals surface area contributed by atoms with Gasteiger partial charge < -0.3 is 14.9 Å². The molecule has 0 aliphatic carbocycles. The van der Waals surface area contributed by atoms with Gasteiger partial charge in [-0.2, -0.15) is 0 Å². The number of aromatic nitrogens is 2. The van der Waals surface area contributed by atoms with Crippen LogP contribution in [0.4, 0.5) is 0 Å².